The predicted octanol–water partition coefficient (Wildman–Crippen LogP) is 5.05. The molecule has 1 atom stereocenters. The number of rotatable bonds is 2. The van der Waals surface area contributed by atoms with E-state index in [1.165, 1.54) is 12.1 Å². The summed E-state index contributed by atoms with van der Waals surface area (Å²) in [6.45, 7) is 3.64. The fourth-order valence-electron chi connectivity index (χ4n) is 2.14. The Labute approximate surface area is 129 Å². The molecule has 1 nitrogen and oxygen atoms in total. The zero-order valence-corrected chi connectivity index (χ0v) is 13.3. The SMILES string of the molecule is Cc1cc(C(N)c2c(F)cc(Br)cc2F)c(C)cc1Cl. The number of aryl methyl sites for hydroxylation is 2. The molecule has 2 rings (SSSR count). The maximum Gasteiger partial charge on any atom is 0.132 e. The second-order valence-corrected chi connectivity index (χ2v) is 6.04. The Morgan fingerprint density at radius 1 is 1.05 bits per heavy atom. The summed E-state index contributed by atoms with van der Waals surface area (Å²) in [7, 11) is 0. The van der Waals surface area contributed by atoms with Gasteiger partial charge in [-0.1, -0.05) is 33.6 Å². The number of hydrogen-bond donors (Lipinski definition) is 1. The molecule has 0 aliphatic rings. The lowest BCUT2D eigenvalue weighted by molar-refractivity contribution is 0.541. The highest BCUT2D eigenvalue weighted by Crippen LogP contribution is 2.31. The largest absolute Gasteiger partial charge is 0.320 e. The van der Waals surface area contributed by atoms with Crippen molar-refractivity contribution in [2.75, 3.05) is 0 Å². The smallest absolute Gasteiger partial charge is 0.132 e. The van der Waals surface area contributed by atoms with Crippen molar-refractivity contribution in [2.45, 2.75) is 19.9 Å². The average Bonchev–Trinajstić information content (AvgIpc) is 2.32. The Balaban J connectivity index is 2.57. The van der Waals surface area contributed by atoms with Crippen LogP contribution in [0.15, 0.2) is 28.7 Å². The Bertz CT molecular complexity index is 650. The van der Waals surface area contributed by atoms with E-state index in [4.69, 9.17) is 17.3 Å². The van der Waals surface area contributed by atoms with Gasteiger partial charge in [-0.15, -0.1) is 0 Å². The Kier molecular flexibility index (Phi) is 4.47. The Morgan fingerprint density at radius 2 is 1.60 bits per heavy atom. The number of benzene rings is 2. The van der Waals surface area contributed by atoms with E-state index in [2.05, 4.69) is 15.9 Å². The van der Waals surface area contributed by atoms with Crippen LogP contribution in [0.3, 0.4) is 0 Å². The van der Waals surface area contributed by atoms with E-state index in [1.807, 2.05) is 13.8 Å². The minimum Gasteiger partial charge on any atom is -0.320 e. The van der Waals surface area contributed by atoms with Crippen molar-refractivity contribution in [1.29, 1.82) is 0 Å². The van der Waals surface area contributed by atoms with E-state index >= 15 is 0 Å². The van der Waals surface area contributed by atoms with Gasteiger partial charge in [-0.05, 0) is 48.7 Å². The molecule has 0 amide bonds. The van der Waals surface area contributed by atoms with Crippen LogP contribution in [0.5, 0.6) is 0 Å². The highest BCUT2D eigenvalue weighted by molar-refractivity contribution is 9.10. The third-order valence-electron chi connectivity index (χ3n) is 3.24. The summed E-state index contributed by atoms with van der Waals surface area (Å²) in [5.74, 6) is -1.34. The van der Waals surface area contributed by atoms with Crippen LogP contribution in [0, 0.1) is 25.5 Å². The van der Waals surface area contributed by atoms with Gasteiger partial charge in [0.05, 0.1) is 6.04 Å². The lowest BCUT2D eigenvalue weighted by Gasteiger charge is -2.18. The summed E-state index contributed by atoms with van der Waals surface area (Å²) in [5.41, 5.74) is 8.19. The molecule has 0 fully saturated rings. The molecule has 0 saturated carbocycles. The van der Waals surface area contributed by atoms with Gasteiger partial charge >= 0.3 is 0 Å². The van der Waals surface area contributed by atoms with Crippen LogP contribution in [0.25, 0.3) is 0 Å². The molecule has 0 aliphatic carbocycles. The maximum absolute atomic E-state index is 14.0. The minimum atomic E-state index is -0.876. The molecule has 0 bridgehead atoms. The van der Waals surface area contributed by atoms with E-state index in [9.17, 15) is 8.78 Å². The molecule has 5 heteroatoms. The molecule has 20 heavy (non-hydrogen) atoms. The first-order chi connectivity index (χ1) is 9.31. The van der Waals surface area contributed by atoms with Crippen LogP contribution < -0.4 is 5.73 Å². The molecule has 0 aliphatic heterocycles. The van der Waals surface area contributed by atoms with Gasteiger partial charge in [0.25, 0.3) is 0 Å². The fraction of sp³-hybridized carbons (Fsp3) is 0.200. The van der Waals surface area contributed by atoms with Gasteiger partial charge in [0, 0.05) is 15.1 Å². The Morgan fingerprint density at radius 3 is 2.15 bits per heavy atom. The average molecular weight is 361 g/mol. The lowest BCUT2D eigenvalue weighted by atomic mass is 9.93. The zero-order valence-electron chi connectivity index (χ0n) is 11.0. The third-order valence-corrected chi connectivity index (χ3v) is 4.10. The molecule has 2 aromatic rings. The van der Waals surface area contributed by atoms with E-state index < -0.39 is 17.7 Å². The van der Waals surface area contributed by atoms with Gasteiger partial charge in [-0.2, -0.15) is 0 Å². The maximum atomic E-state index is 14.0. The van der Waals surface area contributed by atoms with Crippen molar-refractivity contribution in [2.24, 2.45) is 5.73 Å². The van der Waals surface area contributed by atoms with Crippen molar-refractivity contribution in [3.63, 3.8) is 0 Å². The zero-order chi connectivity index (χ0) is 15.0. The fourth-order valence-corrected chi connectivity index (χ4v) is 2.76. The third kappa shape index (κ3) is 2.87. The van der Waals surface area contributed by atoms with Gasteiger partial charge < -0.3 is 5.73 Å². The highest BCUT2D eigenvalue weighted by Gasteiger charge is 2.21. The molecular formula is C15H13BrClF2N. The highest BCUT2D eigenvalue weighted by atomic mass is 79.9. The topological polar surface area (TPSA) is 26.0 Å². The van der Waals surface area contributed by atoms with Gasteiger partial charge in [0.1, 0.15) is 11.6 Å². The summed E-state index contributed by atoms with van der Waals surface area (Å²) >= 11 is 9.07. The molecule has 1 unspecified atom stereocenters. The van der Waals surface area contributed by atoms with Crippen molar-refractivity contribution in [3.05, 3.63) is 67.6 Å². The second kappa shape index (κ2) is 5.80. The first kappa shape index (κ1) is 15.4. The lowest BCUT2D eigenvalue weighted by Crippen LogP contribution is -2.17. The quantitative estimate of drug-likeness (QED) is 0.797. The number of halogens is 4. The van der Waals surface area contributed by atoms with Gasteiger partial charge in [-0.3, -0.25) is 0 Å². The summed E-state index contributed by atoms with van der Waals surface area (Å²) in [6.07, 6.45) is 0. The van der Waals surface area contributed by atoms with Gasteiger partial charge in [0.15, 0.2) is 0 Å². The summed E-state index contributed by atoms with van der Waals surface area (Å²) in [4.78, 5) is 0. The van der Waals surface area contributed by atoms with Crippen molar-refractivity contribution in [3.8, 4) is 0 Å². The van der Waals surface area contributed by atoms with Crippen LogP contribution in [-0.2, 0) is 0 Å². The van der Waals surface area contributed by atoms with E-state index in [0.29, 0.717) is 15.1 Å². The predicted molar refractivity (Wildman–Crippen MR) is 81.0 cm³/mol. The van der Waals surface area contributed by atoms with Crippen LogP contribution in [0.4, 0.5) is 8.78 Å². The van der Waals surface area contributed by atoms with Crippen LogP contribution in [0.1, 0.15) is 28.3 Å². The Hall–Kier alpha value is -0.970. The molecule has 2 N–H and O–H groups in total. The normalized spacial score (nSPS) is 12.6. The molecule has 0 heterocycles. The summed E-state index contributed by atoms with van der Waals surface area (Å²) in [6, 6.07) is 5.05. The van der Waals surface area contributed by atoms with Crippen molar-refractivity contribution >= 4 is 27.5 Å². The van der Waals surface area contributed by atoms with Crippen LogP contribution in [0.2, 0.25) is 5.02 Å². The second-order valence-electron chi connectivity index (χ2n) is 4.72. The molecule has 2 aromatic carbocycles. The summed E-state index contributed by atoms with van der Waals surface area (Å²) < 4.78 is 28.3. The van der Waals surface area contributed by atoms with Gasteiger partial charge in [0.2, 0.25) is 0 Å². The van der Waals surface area contributed by atoms with Crippen molar-refractivity contribution < 1.29 is 8.78 Å². The monoisotopic (exact) mass is 359 g/mol. The minimum absolute atomic E-state index is 0.141. The standard InChI is InChI=1S/C15H13BrClF2N/c1-7-4-11(17)8(2)3-10(7)15(20)14-12(18)5-9(16)6-13(14)19/h3-6,15H,20H2,1-2H3. The molecule has 0 spiro atoms. The van der Waals surface area contributed by atoms with E-state index in [0.717, 1.165) is 11.1 Å². The first-order valence-corrected chi connectivity index (χ1v) is 7.15. The van der Waals surface area contributed by atoms with E-state index in [1.54, 1.807) is 12.1 Å². The summed E-state index contributed by atoms with van der Waals surface area (Å²) in [5, 5.41) is 0.607. The molecule has 0 saturated heterocycles. The molecule has 106 valence electrons. The van der Waals surface area contributed by atoms with Crippen molar-refractivity contribution in [1.82, 2.24) is 0 Å². The van der Waals surface area contributed by atoms with Crippen LogP contribution >= 0.6 is 27.5 Å². The molecule has 0 radical (unpaired) electrons. The number of hydrogen-bond acceptors (Lipinski definition) is 1. The van der Waals surface area contributed by atoms with E-state index in [-0.39, 0.29) is 5.56 Å². The number of nitrogens with two attached hydrogens (primary N) is 1. The molecular weight excluding hydrogens is 348 g/mol. The van der Waals surface area contributed by atoms with Crippen LogP contribution in [-0.4, -0.2) is 0 Å². The first-order valence-electron chi connectivity index (χ1n) is 5.98. The molecule has 0 aromatic heterocycles. The van der Waals surface area contributed by atoms with Gasteiger partial charge in [-0.25, -0.2) is 8.78 Å².